The van der Waals surface area contributed by atoms with E-state index in [1.165, 1.54) is 12.1 Å². The number of rotatable bonds is 5. The number of likely N-dealkylation sites (N-methyl/N-ethyl adjacent to an activating group) is 1. The van der Waals surface area contributed by atoms with Crippen molar-refractivity contribution in [1.29, 1.82) is 0 Å². The summed E-state index contributed by atoms with van der Waals surface area (Å²) in [7, 11) is 1.63. The molecular weight excluding hydrogens is 366 g/mol. The fraction of sp³-hybridized carbons (Fsp3) is 0.450. The molecule has 2 aliphatic heterocycles. The van der Waals surface area contributed by atoms with E-state index in [1.807, 2.05) is 13.8 Å². The Hall–Kier alpha value is -2.34. The molecule has 0 unspecified atom stereocenters. The lowest BCUT2D eigenvalue weighted by Crippen LogP contribution is -2.33. The lowest BCUT2D eigenvalue weighted by Gasteiger charge is -2.19. The van der Waals surface area contributed by atoms with Crippen LogP contribution in [0, 0.1) is 0 Å². The highest BCUT2D eigenvalue weighted by Crippen LogP contribution is 2.32. The average Bonchev–Trinajstić information content (AvgIpc) is 3.27. The molecule has 1 aromatic carbocycles. The summed E-state index contributed by atoms with van der Waals surface area (Å²) in [4.78, 5) is 41.2. The number of likely N-dealkylation sites (tertiary alicyclic amines) is 1. The van der Waals surface area contributed by atoms with Gasteiger partial charge in [-0.25, -0.2) is 0 Å². The van der Waals surface area contributed by atoms with E-state index in [0.29, 0.717) is 30.8 Å². The van der Waals surface area contributed by atoms with Crippen molar-refractivity contribution in [2.24, 2.45) is 0 Å². The Balaban J connectivity index is 1.88. The second-order valence-corrected chi connectivity index (χ2v) is 7.60. The highest BCUT2D eigenvalue weighted by molar-refractivity contribution is 6.35. The van der Waals surface area contributed by atoms with Crippen LogP contribution in [0.15, 0.2) is 23.9 Å². The van der Waals surface area contributed by atoms with Crippen LogP contribution in [0.25, 0.3) is 0 Å². The van der Waals surface area contributed by atoms with Crippen molar-refractivity contribution in [3.8, 4) is 0 Å². The quantitative estimate of drug-likeness (QED) is 0.620. The average molecular weight is 390 g/mol. The molecule has 144 valence electrons. The normalized spacial score (nSPS) is 16.9. The molecular formula is C20H24ClN3O3. The summed E-state index contributed by atoms with van der Waals surface area (Å²) in [6.45, 7) is 5.74. The third-order valence-electron chi connectivity index (χ3n) is 5.06. The monoisotopic (exact) mass is 389 g/mol. The Bertz CT molecular complexity index is 826. The Morgan fingerprint density at radius 1 is 1.22 bits per heavy atom. The van der Waals surface area contributed by atoms with Gasteiger partial charge in [-0.2, -0.15) is 0 Å². The number of amides is 2. The number of nitrogens with one attached hydrogen (secondary N) is 1. The van der Waals surface area contributed by atoms with Gasteiger partial charge in [-0.3, -0.25) is 14.4 Å². The number of hydrogen-bond acceptors (Lipinski definition) is 4. The van der Waals surface area contributed by atoms with Crippen molar-refractivity contribution in [2.45, 2.75) is 39.3 Å². The molecule has 2 aliphatic rings. The van der Waals surface area contributed by atoms with Crippen molar-refractivity contribution >= 4 is 29.2 Å². The molecule has 0 saturated carbocycles. The van der Waals surface area contributed by atoms with Gasteiger partial charge in [-0.05, 0) is 44.4 Å². The summed E-state index contributed by atoms with van der Waals surface area (Å²) in [5.74, 6) is -0.594. The fourth-order valence-corrected chi connectivity index (χ4v) is 3.85. The minimum absolute atomic E-state index is 0.0500. The molecule has 0 aliphatic carbocycles. The maximum absolute atomic E-state index is 12.7. The topological polar surface area (TPSA) is 69.7 Å². The minimum atomic E-state index is -0.313. The van der Waals surface area contributed by atoms with Crippen LogP contribution in [0.5, 0.6) is 0 Å². The molecule has 0 atom stereocenters. The van der Waals surface area contributed by atoms with Gasteiger partial charge in [0.15, 0.2) is 5.78 Å². The summed E-state index contributed by atoms with van der Waals surface area (Å²) in [5, 5.41) is 3.10. The molecule has 0 spiro atoms. The molecule has 1 saturated heterocycles. The smallest absolute Gasteiger partial charge is 0.270 e. The van der Waals surface area contributed by atoms with Crippen LogP contribution in [-0.4, -0.2) is 53.6 Å². The van der Waals surface area contributed by atoms with Gasteiger partial charge in [0, 0.05) is 44.4 Å². The zero-order valence-corrected chi connectivity index (χ0v) is 16.6. The van der Waals surface area contributed by atoms with Crippen molar-refractivity contribution < 1.29 is 14.4 Å². The number of hydrogen-bond donors (Lipinski definition) is 1. The van der Waals surface area contributed by atoms with E-state index >= 15 is 0 Å². The molecule has 6 nitrogen and oxygen atoms in total. The number of carbonyl (C=O) groups excluding carboxylic acids is 3. The van der Waals surface area contributed by atoms with E-state index in [1.54, 1.807) is 22.9 Å². The first-order chi connectivity index (χ1) is 12.8. The first kappa shape index (κ1) is 19.4. The van der Waals surface area contributed by atoms with E-state index in [9.17, 15) is 14.4 Å². The summed E-state index contributed by atoms with van der Waals surface area (Å²) in [6, 6.07) is 3.26. The maximum atomic E-state index is 12.7. The number of ketones is 1. The number of halogens is 1. The SMILES string of the molecule is CNC(=CC(=O)c1cc(Cl)c2c(c1)CN(C(C)C)C2=O)C(=O)N1CCCC1. The molecule has 27 heavy (non-hydrogen) atoms. The number of benzene rings is 1. The van der Waals surface area contributed by atoms with Gasteiger partial charge in [0.25, 0.3) is 11.8 Å². The first-order valence-corrected chi connectivity index (χ1v) is 9.57. The molecule has 3 rings (SSSR count). The number of allylic oxidation sites excluding steroid dienone is 1. The van der Waals surface area contributed by atoms with Gasteiger partial charge in [-0.15, -0.1) is 0 Å². The van der Waals surface area contributed by atoms with Gasteiger partial charge in [0.05, 0.1) is 10.6 Å². The van der Waals surface area contributed by atoms with Crippen molar-refractivity contribution in [3.63, 3.8) is 0 Å². The first-order valence-electron chi connectivity index (χ1n) is 9.20. The van der Waals surface area contributed by atoms with Crippen LogP contribution in [-0.2, 0) is 11.3 Å². The molecule has 1 aromatic rings. The van der Waals surface area contributed by atoms with E-state index < -0.39 is 0 Å². The molecule has 2 heterocycles. The molecule has 7 heteroatoms. The predicted octanol–water partition coefficient (Wildman–Crippen LogP) is 2.61. The number of fused-ring (bicyclic) bond motifs is 1. The van der Waals surface area contributed by atoms with E-state index in [0.717, 1.165) is 18.4 Å². The Kier molecular flexibility index (Phi) is 5.56. The largest absolute Gasteiger partial charge is 0.384 e. The third-order valence-corrected chi connectivity index (χ3v) is 5.36. The van der Waals surface area contributed by atoms with E-state index in [4.69, 9.17) is 11.6 Å². The molecule has 1 fully saturated rings. The number of nitrogens with zero attached hydrogens (tertiary/aromatic N) is 2. The van der Waals surface area contributed by atoms with Crippen molar-refractivity contribution in [2.75, 3.05) is 20.1 Å². The van der Waals surface area contributed by atoms with Crippen LogP contribution in [0.3, 0.4) is 0 Å². The van der Waals surface area contributed by atoms with Crippen LogP contribution in [0.4, 0.5) is 0 Å². The number of carbonyl (C=O) groups is 3. The standard InChI is InChI=1S/C20H24ClN3O3/c1-12(2)24-11-14-8-13(9-15(21)18(14)20(24)27)17(25)10-16(22-3)19(26)23-6-4-5-7-23/h8-10,12,22H,4-7,11H2,1-3H3. The Labute approximate surface area is 164 Å². The fourth-order valence-electron chi connectivity index (χ4n) is 3.53. The minimum Gasteiger partial charge on any atom is -0.384 e. The molecule has 1 N–H and O–H groups in total. The van der Waals surface area contributed by atoms with Crippen molar-refractivity contribution in [3.05, 3.63) is 45.6 Å². The highest BCUT2D eigenvalue weighted by atomic mass is 35.5. The zero-order valence-electron chi connectivity index (χ0n) is 15.8. The lowest BCUT2D eigenvalue weighted by molar-refractivity contribution is -0.126. The van der Waals surface area contributed by atoms with E-state index in [2.05, 4.69) is 5.32 Å². The van der Waals surface area contributed by atoms with Gasteiger partial charge >= 0.3 is 0 Å². The maximum Gasteiger partial charge on any atom is 0.270 e. The summed E-state index contributed by atoms with van der Waals surface area (Å²) in [6.07, 6.45) is 3.28. The van der Waals surface area contributed by atoms with Crippen LogP contribution < -0.4 is 5.32 Å². The summed E-state index contributed by atoms with van der Waals surface area (Å²) >= 11 is 6.31. The predicted molar refractivity (Wildman–Crippen MR) is 104 cm³/mol. The van der Waals surface area contributed by atoms with Crippen molar-refractivity contribution in [1.82, 2.24) is 15.1 Å². The molecule has 0 bridgehead atoms. The van der Waals surface area contributed by atoms with Crippen LogP contribution >= 0.6 is 11.6 Å². The van der Waals surface area contributed by atoms with Gasteiger partial charge in [-0.1, -0.05) is 11.6 Å². The highest BCUT2D eigenvalue weighted by Gasteiger charge is 2.32. The van der Waals surface area contributed by atoms with Gasteiger partial charge < -0.3 is 15.1 Å². The summed E-state index contributed by atoms with van der Waals surface area (Å²) < 4.78 is 0. The van der Waals surface area contributed by atoms with E-state index in [-0.39, 0.29) is 34.4 Å². The van der Waals surface area contributed by atoms with Gasteiger partial charge in [0.1, 0.15) is 5.70 Å². The Morgan fingerprint density at radius 2 is 1.89 bits per heavy atom. The zero-order chi connectivity index (χ0) is 19.7. The molecule has 2 amide bonds. The lowest BCUT2D eigenvalue weighted by atomic mass is 10.0. The summed E-state index contributed by atoms with van der Waals surface area (Å²) in [5.41, 5.74) is 1.85. The third kappa shape index (κ3) is 3.72. The Morgan fingerprint density at radius 3 is 2.48 bits per heavy atom. The van der Waals surface area contributed by atoms with Crippen LogP contribution in [0.2, 0.25) is 5.02 Å². The molecule has 0 aromatic heterocycles. The van der Waals surface area contributed by atoms with Crippen LogP contribution in [0.1, 0.15) is 53.0 Å². The van der Waals surface area contributed by atoms with Gasteiger partial charge in [0.2, 0.25) is 0 Å². The molecule has 0 radical (unpaired) electrons. The second kappa shape index (κ2) is 7.72. The second-order valence-electron chi connectivity index (χ2n) is 7.19.